The number of rotatable bonds is 46. The maximum atomic E-state index is 2.43. The number of hydrogen-bond acceptors (Lipinski definition) is 0. The molecular formula is C50H103P. The maximum Gasteiger partial charge on any atom is -0.0234 e. The Balaban J connectivity index is 3.63. The molecule has 2 atom stereocenters. The molecule has 2 unspecified atom stereocenters. The molecule has 0 bridgehead atoms. The Bertz CT molecular complexity index is 536. The lowest BCUT2D eigenvalue weighted by Gasteiger charge is -2.24. The summed E-state index contributed by atoms with van der Waals surface area (Å²) in [7, 11) is 1.25. The van der Waals surface area contributed by atoms with E-state index in [-0.39, 0.29) is 0 Å². The van der Waals surface area contributed by atoms with Gasteiger partial charge in [-0.25, -0.2) is 0 Å². The molecule has 0 nitrogen and oxygen atoms in total. The Morgan fingerprint density at radius 3 is 0.549 bits per heavy atom. The van der Waals surface area contributed by atoms with E-state index < -0.39 is 0 Å². The van der Waals surface area contributed by atoms with E-state index in [9.17, 15) is 0 Å². The predicted molar refractivity (Wildman–Crippen MR) is 242 cm³/mol. The van der Waals surface area contributed by atoms with Gasteiger partial charge in [0, 0.05) is 0 Å². The van der Waals surface area contributed by atoms with Crippen LogP contribution in [0.4, 0.5) is 0 Å². The zero-order valence-corrected chi connectivity index (χ0v) is 37.8. The molecule has 0 fully saturated rings. The summed E-state index contributed by atoms with van der Waals surface area (Å²) in [4.78, 5) is 0. The molecule has 0 aromatic rings. The second-order valence-electron chi connectivity index (χ2n) is 17.4. The zero-order valence-electron chi connectivity index (χ0n) is 36.8. The molecule has 51 heavy (non-hydrogen) atoms. The van der Waals surface area contributed by atoms with Gasteiger partial charge in [-0.3, -0.25) is 0 Å². The van der Waals surface area contributed by atoms with Crippen LogP contribution in [-0.4, -0.2) is 11.3 Å². The molecule has 0 aromatic carbocycles. The largest absolute Gasteiger partial charge is 0.116 e. The Morgan fingerprint density at radius 2 is 0.373 bits per heavy atom. The minimum atomic E-state index is 1.04. The Hall–Kier alpha value is 0.430. The first-order chi connectivity index (χ1) is 25.3. The van der Waals surface area contributed by atoms with Gasteiger partial charge in [-0.1, -0.05) is 285 Å². The normalized spacial score (nSPS) is 13.2. The molecule has 0 aliphatic heterocycles. The van der Waals surface area contributed by atoms with Gasteiger partial charge in [0.2, 0.25) is 0 Å². The molecule has 1 heteroatoms. The third kappa shape index (κ3) is 43.0. The van der Waals surface area contributed by atoms with Crippen molar-refractivity contribution in [2.45, 2.75) is 322 Å². The summed E-state index contributed by atoms with van der Waals surface area (Å²) in [5.74, 6) is 0. The maximum absolute atomic E-state index is 2.43. The van der Waals surface area contributed by atoms with Crippen LogP contribution in [0.2, 0.25) is 0 Å². The summed E-state index contributed by atoms with van der Waals surface area (Å²) in [5, 5.41) is 0. The van der Waals surface area contributed by atoms with Gasteiger partial charge >= 0.3 is 0 Å². The van der Waals surface area contributed by atoms with Crippen molar-refractivity contribution in [1.82, 2.24) is 0 Å². The zero-order chi connectivity index (χ0) is 37.0. The van der Waals surface area contributed by atoms with Gasteiger partial charge in [-0.15, -0.1) is 8.58 Å². The van der Waals surface area contributed by atoms with Crippen molar-refractivity contribution in [2.75, 3.05) is 0 Å². The third-order valence-electron chi connectivity index (χ3n) is 12.1. The van der Waals surface area contributed by atoms with Gasteiger partial charge in [0.15, 0.2) is 0 Å². The summed E-state index contributed by atoms with van der Waals surface area (Å²) in [6.07, 6.45) is 65.2. The van der Waals surface area contributed by atoms with Crippen LogP contribution >= 0.6 is 8.58 Å². The van der Waals surface area contributed by atoms with Crippen LogP contribution in [0.25, 0.3) is 0 Å². The third-order valence-corrected chi connectivity index (χ3v) is 14.2. The van der Waals surface area contributed by atoms with Gasteiger partial charge in [-0.05, 0) is 37.0 Å². The summed E-state index contributed by atoms with van der Waals surface area (Å²) < 4.78 is 0. The molecule has 0 spiro atoms. The molecule has 308 valence electrons. The second-order valence-corrected chi connectivity index (χ2v) is 19.4. The van der Waals surface area contributed by atoms with Gasteiger partial charge in [0.1, 0.15) is 0 Å². The van der Waals surface area contributed by atoms with E-state index in [1.165, 1.54) is 291 Å². The van der Waals surface area contributed by atoms with Crippen LogP contribution in [-0.2, 0) is 0 Å². The highest BCUT2D eigenvalue weighted by Crippen LogP contribution is 2.37. The summed E-state index contributed by atoms with van der Waals surface area (Å²) in [6, 6.07) is 0. The molecule has 0 aliphatic carbocycles. The Kier molecular flexibility index (Phi) is 47.0. The van der Waals surface area contributed by atoms with Crippen LogP contribution in [0.1, 0.15) is 310 Å². The van der Waals surface area contributed by atoms with E-state index in [1.807, 2.05) is 0 Å². The van der Waals surface area contributed by atoms with Crippen LogP contribution in [0.15, 0.2) is 0 Å². The lowest BCUT2D eigenvalue weighted by atomic mass is 10.0. The summed E-state index contributed by atoms with van der Waals surface area (Å²) >= 11 is 0. The molecule has 0 aromatic heterocycles. The van der Waals surface area contributed by atoms with Crippen molar-refractivity contribution < 1.29 is 0 Å². The molecule has 0 radical (unpaired) electrons. The van der Waals surface area contributed by atoms with Crippen LogP contribution < -0.4 is 0 Å². The highest BCUT2D eigenvalue weighted by Gasteiger charge is 2.15. The summed E-state index contributed by atoms with van der Waals surface area (Å²) in [6.45, 7) is 9.49. The van der Waals surface area contributed by atoms with Crippen LogP contribution in [0.3, 0.4) is 0 Å². The monoisotopic (exact) mass is 735 g/mol. The molecular weight excluding hydrogens is 632 g/mol. The number of hydrogen-bond donors (Lipinski definition) is 0. The smallest absolute Gasteiger partial charge is 0.0234 e. The average Bonchev–Trinajstić information content (AvgIpc) is 3.13. The van der Waals surface area contributed by atoms with Crippen molar-refractivity contribution >= 4 is 8.58 Å². The van der Waals surface area contributed by atoms with Crippen LogP contribution in [0, 0.1) is 0 Å². The first-order valence-corrected chi connectivity index (χ1v) is 26.2. The van der Waals surface area contributed by atoms with Crippen molar-refractivity contribution in [3.63, 3.8) is 0 Å². The quantitative estimate of drug-likeness (QED) is 0.0431. The van der Waals surface area contributed by atoms with E-state index in [0.717, 1.165) is 11.3 Å². The minimum Gasteiger partial charge on any atom is -0.116 e. The molecule has 0 heterocycles. The van der Waals surface area contributed by atoms with E-state index in [1.54, 1.807) is 0 Å². The highest BCUT2D eigenvalue weighted by atomic mass is 31.1. The van der Waals surface area contributed by atoms with Crippen molar-refractivity contribution in [1.29, 1.82) is 0 Å². The lowest BCUT2D eigenvalue weighted by Crippen LogP contribution is -2.09. The fraction of sp³-hybridized carbons (Fsp3) is 1.00. The SMILES string of the molecule is CCCCCCCCCCCCCCCCCCCCCC(CCC)PC(CCC)CCCCCCCCCCCCCCCCCCCCC. The van der Waals surface area contributed by atoms with Crippen LogP contribution in [0.5, 0.6) is 0 Å². The molecule has 0 amide bonds. The molecule has 0 rings (SSSR count). The Labute approximate surface area is 329 Å². The highest BCUT2D eigenvalue weighted by molar-refractivity contribution is 7.39. The van der Waals surface area contributed by atoms with Crippen molar-refractivity contribution in [3.05, 3.63) is 0 Å². The van der Waals surface area contributed by atoms with Gasteiger partial charge < -0.3 is 0 Å². The van der Waals surface area contributed by atoms with E-state index >= 15 is 0 Å². The van der Waals surface area contributed by atoms with Crippen molar-refractivity contribution in [2.24, 2.45) is 0 Å². The minimum absolute atomic E-state index is 1.04. The predicted octanol–water partition coefficient (Wildman–Crippen LogP) is 19.6. The number of unbranched alkanes of at least 4 members (excludes halogenated alkanes) is 36. The molecule has 0 aliphatic rings. The van der Waals surface area contributed by atoms with Gasteiger partial charge in [0.05, 0.1) is 0 Å². The second kappa shape index (κ2) is 46.6. The lowest BCUT2D eigenvalue weighted by molar-refractivity contribution is 0.517. The first-order valence-electron chi connectivity index (χ1n) is 25.0. The average molecular weight is 735 g/mol. The molecule has 0 saturated carbocycles. The van der Waals surface area contributed by atoms with Gasteiger partial charge in [0.25, 0.3) is 0 Å². The fourth-order valence-corrected chi connectivity index (χ4v) is 10.9. The van der Waals surface area contributed by atoms with E-state index in [2.05, 4.69) is 27.7 Å². The fourth-order valence-electron chi connectivity index (χ4n) is 8.59. The first kappa shape index (κ1) is 51.4. The topological polar surface area (TPSA) is 0 Å². The Morgan fingerprint density at radius 1 is 0.196 bits per heavy atom. The standard InChI is InChI=1S/C50H103P/c1-5-9-11-13-15-17-19-21-23-25-27-29-31-33-35-37-39-41-43-47-49(45-7-3)51-50(46-8-4)48-44-42-40-38-36-34-32-30-28-26-24-22-20-18-16-14-12-10-6-2/h49-51H,5-48H2,1-4H3. The molecule has 0 saturated heterocycles. The van der Waals surface area contributed by atoms with E-state index in [0.29, 0.717) is 0 Å². The van der Waals surface area contributed by atoms with Gasteiger partial charge in [-0.2, -0.15) is 0 Å². The van der Waals surface area contributed by atoms with E-state index in [4.69, 9.17) is 0 Å². The summed E-state index contributed by atoms with van der Waals surface area (Å²) in [5.41, 5.74) is 2.08. The molecule has 0 N–H and O–H groups in total. The van der Waals surface area contributed by atoms with Crippen molar-refractivity contribution in [3.8, 4) is 0 Å².